The van der Waals surface area contributed by atoms with Gasteiger partial charge in [-0.25, -0.2) is 4.79 Å². The van der Waals surface area contributed by atoms with Crippen LogP contribution in [-0.4, -0.2) is 16.9 Å². The van der Waals surface area contributed by atoms with Crippen LogP contribution in [0.15, 0.2) is 73.4 Å². The minimum Gasteiger partial charge on any atom is -0.326 e. The largest absolute Gasteiger partial charge is 0.442 e. The fourth-order valence-corrected chi connectivity index (χ4v) is 3.31. The number of para-hydroxylation sites is 1. The molecule has 3 rings (SSSR count). The van der Waals surface area contributed by atoms with Crippen LogP contribution in [0.5, 0.6) is 0 Å². The average Bonchev–Trinajstić information content (AvgIpc) is 2.99. The number of aromatic nitrogens is 2. The number of thioether (sulfide) groups is 1. The van der Waals surface area contributed by atoms with E-state index in [-0.39, 0.29) is 12.3 Å². The maximum absolute atomic E-state index is 12.0. The summed E-state index contributed by atoms with van der Waals surface area (Å²) < 4.78 is 7.39. The maximum atomic E-state index is 12.0. The van der Waals surface area contributed by atoms with Crippen LogP contribution in [-0.2, 0) is 4.79 Å². The van der Waals surface area contributed by atoms with Crippen LogP contribution in [0, 0.1) is 0 Å². The molecule has 1 amide bonds. The van der Waals surface area contributed by atoms with Crippen LogP contribution in [0.2, 0.25) is 0 Å². The summed E-state index contributed by atoms with van der Waals surface area (Å²) in [5, 5.41) is 5.80. The number of nitrogens with zero attached hydrogens (tertiary/aromatic N) is 1. The Balaban J connectivity index is 1.59. The zero-order chi connectivity index (χ0) is 17.6. The lowest BCUT2D eigenvalue weighted by atomic mass is 10.3. The van der Waals surface area contributed by atoms with Crippen molar-refractivity contribution in [3.8, 4) is 5.69 Å². The van der Waals surface area contributed by atoms with Gasteiger partial charge in [0, 0.05) is 34.5 Å². The molecule has 25 heavy (non-hydrogen) atoms. The number of carbonyl (C=O) groups is 1. The van der Waals surface area contributed by atoms with Crippen molar-refractivity contribution in [1.29, 1.82) is 0 Å². The van der Waals surface area contributed by atoms with Gasteiger partial charge in [0.05, 0.1) is 0 Å². The number of amides is 1. The molecule has 0 aliphatic heterocycles. The van der Waals surface area contributed by atoms with Crippen molar-refractivity contribution in [2.75, 3.05) is 11.1 Å². The lowest BCUT2D eigenvalue weighted by molar-refractivity contribution is -0.704. The first-order chi connectivity index (χ1) is 12.1. The second kappa shape index (κ2) is 8.17. The van der Waals surface area contributed by atoms with E-state index in [0.29, 0.717) is 10.8 Å². The molecule has 3 aromatic rings. The van der Waals surface area contributed by atoms with Gasteiger partial charge >= 0.3 is 10.7 Å². The Hall–Kier alpha value is -2.32. The predicted octanol–water partition coefficient (Wildman–Crippen LogP) is 3.13. The van der Waals surface area contributed by atoms with E-state index in [1.54, 1.807) is 4.68 Å². The lowest BCUT2D eigenvalue weighted by Gasteiger charge is -2.04. The molecule has 128 valence electrons. The molecule has 0 radical (unpaired) electrons. The topological polar surface area (TPSA) is 79.0 Å². The summed E-state index contributed by atoms with van der Waals surface area (Å²) in [6.45, 7) is 0. The number of nitrogens with one attached hydrogen (secondary N) is 2. The first-order valence-corrected chi connectivity index (χ1v) is 9.28. The molecular weight excluding hydrogens is 406 g/mol. The Morgan fingerprint density at radius 2 is 1.88 bits per heavy atom. The second-order valence-corrected chi connectivity index (χ2v) is 7.11. The van der Waals surface area contributed by atoms with Crippen molar-refractivity contribution >= 4 is 39.3 Å². The second-order valence-electron chi connectivity index (χ2n) is 5.11. The van der Waals surface area contributed by atoms with E-state index >= 15 is 0 Å². The molecule has 1 aromatic heterocycles. The minimum absolute atomic E-state index is 0.110. The van der Waals surface area contributed by atoms with Crippen molar-refractivity contribution in [2.24, 2.45) is 0 Å². The molecule has 0 unspecified atom stereocenters. The van der Waals surface area contributed by atoms with Gasteiger partial charge in [-0.1, -0.05) is 34.1 Å². The van der Waals surface area contributed by atoms with Crippen LogP contribution in [0.3, 0.4) is 0 Å². The fraction of sp³-hybridized carbons (Fsp3) is 0.118. The standard InChI is InChI=1S/C17H14BrN3O3S/c18-12-6-8-13(9-7-12)19-15(22)10-11-25-16-17(23)24-20-21(16)14-4-2-1-3-5-14/h1-9H,10-11H2,(H-,19,20,22,23)/p+1. The van der Waals surface area contributed by atoms with E-state index in [0.717, 1.165) is 15.8 Å². The van der Waals surface area contributed by atoms with Gasteiger partial charge in [0.25, 0.3) is 0 Å². The van der Waals surface area contributed by atoms with Gasteiger partial charge in [-0.15, -0.1) is 0 Å². The van der Waals surface area contributed by atoms with Crippen molar-refractivity contribution in [3.63, 3.8) is 0 Å². The summed E-state index contributed by atoms with van der Waals surface area (Å²) in [6.07, 6.45) is 0.278. The van der Waals surface area contributed by atoms with E-state index in [1.165, 1.54) is 11.8 Å². The first kappa shape index (κ1) is 17.5. The van der Waals surface area contributed by atoms with Gasteiger partial charge in [0.2, 0.25) is 11.6 Å². The van der Waals surface area contributed by atoms with Gasteiger partial charge < -0.3 is 5.32 Å². The number of halogens is 1. The first-order valence-electron chi connectivity index (χ1n) is 7.50. The van der Waals surface area contributed by atoms with Crippen molar-refractivity contribution in [2.45, 2.75) is 11.4 Å². The number of carbonyl (C=O) groups excluding carboxylic acids is 1. The van der Waals surface area contributed by atoms with E-state index in [2.05, 4.69) is 26.5 Å². The Morgan fingerprint density at radius 1 is 1.16 bits per heavy atom. The van der Waals surface area contributed by atoms with E-state index in [1.807, 2.05) is 54.6 Å². The van der Waals surface area contributed by atoms with Crippen LogP contribution in [0.4, 0.5) is 5.69 Å². The number of benzene rings is 2. The molecule has 0 bridgehead atoms. The Morgan fingerprint density at radius 3 is 2.60 bits per heavy atom. The van der Waals surface area contributed by atoms with Crippen LogP contribution in [0.1, 0.15) is 6.42 Å². The van der Waals surface area contributed by atoms with Gasteiger partial charge in [-0.3, -0.25) is 9.32 Å². The number of hydrogen-bond acceptors (Lipinski definition) is 4. The highest BCUT2D eigenvalue weighted by Gasteiger charge is 2.23. The third kappa shape index (κ3) is 4.61. The molecule has 0 saturated carbocycles. The highest BCUT2D eigenvalue weighted by atomic mass is 79.9. The summed E-state index contributed by atoms with van der Waals surface area (Å²) in [5.41, 5.74) is 1.07. The van der Waals surface area contributed by atoms with Crippen LogP contribution < -0.4 is 15.6 Å². The zero-order valence-electron chi connectivity index (χ0n) is 13.1. The summed E-state index contributed by atoms with van der Waals surface area (Å²) in [5.74, 6) is 0.346. The number of hydrogen-bond donors (Lipinski definition) is 2. The Bertz CT molecular complexity index is 907. The normalized spacial score (nSPS) is 10.6. The molecule has 1 heterocycles. The smallest absolute Gasteiger partial charge is 0.326 e. The van der Waals surface area contributed by atoms with Crippen molar-refractivity contribution in [3.05, 3.63) is 69.5 Å². The molecule has 8 heteroatoms. The summed E-state index contributed by atoms with van der Waals surface area (Å²) in [6, 6.07) is 16.7. The summed E-state index contributed by atoms with van der Waals surface area (Å²) in [7, 11) is 0. The molecular formula is C17H15BrN3O3S+. The highest BCUT2D eigenvalue weighted by molar-refractivity contribution is 9.10. The molecule has 0 atom stereocenters. The lowest BCUT2D eigenvalue weighted by Crippen LogP contribution is -2.36. The van der Waals surface area contributed by atoms with Crippen molar-refractivity contribution < 1.29 is 14.0 Å². The molecule has 2 aromatic carbocycles. The maximum Gasteiger partial charge on any atom is 0.442 e. The molecule has 0 aliphatic carbocycles. The van der Waals surface area contributed by atoms with Gasteiger partial charge in [-0.05, 0) is 46.0 Å². The third-order valence-electron chi connectivity index (χ3n) is 3.32. The molecule has 0 spiro atoms. The Kier molecular flexibility index (Phi) is 5.72. The number of anilines is 1. The third-order valence-corrected chi connectivity index (χ3v) is 4.88. The predicted molar refractivity (Wildman–Crippen MR) is 99.0 cm³/mol. The summed E-state index contributed by atoms with van der Waals surface area (Å²) >= 11 is 4.62. The van der Waals surface area contributed by atoms with Gasteiger partial charge in [0.15, 0.2) is 0 Å². The zero-order valence-corrected chi connectivity index (χ0v) is 15.5. The quantitative estimate of drug-likeness (QED) is 0.474. The van der Waals surface area contributed by atoms with Gasteiger partial charge in [-0.2, -0.15) is 0 Å². The fourth-order valence-electron chi connectivity index (χ4n) is 2.13. The molecule has 0 saturated heterocycles. The molecule has 2 N–H and O–H groups in total. The molecule has 0 aliphatic rings. The van der Waals surface area contributed by atoms with Gasteiger partial charge in [0.1, 0.15) is 0 Å². The number of aromatic amines is 1. The molecule has 6 nitrogen and oxygen atoms in total. The minimum atomic E-state index is -0.456. The monoisotopic (exact) mass is 420 g/mol. The van der Waals surface area contributed by atoms with Crippen LogP contribution >= 0.6 is 27.7 Å². The number of H-pyrrole nitrogens is 1. The molecule has 0 fully saturated rings. The number of rotatable bonds is 6. The SMILES string of the molecule is O=C(CCSc1c(=O)o[nH][n+]1-c1ccccc1)Nc1ccc(Br)cc1. The van der Waals surface area contributed by atoms with E-state index < -0.39 is 5.63 Å². The van der Waals surface area contributed by atoms with Crippen molar-refractivity contribution in [1.82, 2.24) is 5.27 Å². The highest BCUT2D eigenvalue weighted by Crippen LogP contribution is 2.16. The van der Waals surface area contributed by atoms with E-state index in [4.69, 9.17) is 4.52 Å². The van der Waals surface area contributed by atoms with E-state index in [9.17, 15) is 9.59 Å². The average molecular weight is 421 g/mol. The summed E-state index contributed by atoms with van der Waals surface area (Å²) in [4.78, 5) is 23.9. The van der Waals surface area contributed by atoms with Crippen LogP contribution in [0.25, 0.3) is 5.69 Å². The Labute approximate surface area is 156 Å².